The highest BCUT2D eigenvalue weighted by Crippen LogP contribution is 2.17. The highest BCUT2D eigenvalue weighted by molar-refractivity contribution is 7.07. The Morgan fingerprint density at radius 1 is 1.19 bits per heavy atom. The zero-order valence-corrected chi connectivity index (χ0v) is 16.0. The fourth-order valence-corrected chi connectivity index (χ4v) is 3.56. The lowest BCUT2D eigenvalue weighted by molar-refractivity contribution is 0.674. The van der Waals surface area contributed by atoms with E-state index in [1.54, 1.807) is 24.6 Å². The average Bonchev–Trinajstić information content (AvgIpc) is 3.37. The van der Waals surface area contributed by atoms with Crippen molar-refractivity contribution >= 4 is 17.3 Å². The summed E-state index contributed by atoms with van der Waals surface area (Å²) < 4.78 is 1.94. The molecule has 0 aliphatic heterocycles. The van der Waals surface area contributed by atoms with Gasteiger partial charge in [0.05, 0.1) is 6.54 Å². The molecule has 0 saturated heterocycles. The van der Waals surface area contributed by atoms with Gasteiger partial charge in [0.2, 0.25) is 0 Å². The normalized spacial score (nSPS) is 12.8. The molecule has 0 fully saturated rings. The van der Waals surface area contributed by atoms with Gasteiger partial charge in [0.15, 0.2) is 5.96 Å². The van der Waals surface area contributed by atoms with E-state index in [0.717, 1.165) is 25.6 Å². The monoisotopic (exact) mass is 367 g/mol. The summed E-state index contributed by atoms with van der Waals surface area (Å²) in [5.74, 6) is 1.27. The molecule has 1 unspecified atom stereocenters. The molecule has 0 bridgehead atoms. The Kier molecular flexibility index (Phi) is 6.44. The summed E-state index contributed by atoms with van der Waals surface area (Å²) in [6.45, 7) is 4.57. The molecule has 0 aliphatic carbocycles. The quantitative estimate of drug-likeness (QED) is 0.497. The molecule has 3 aromatic rings. The molecule has 26 heavy (non-hydrogen) atoms. The summed E-state index contributed by atoms with van der Waals surface area (Å²) in [4.78, 5) is 4.34. The second-order valence-corrected chi connectivity index (χ2v) is 7.02. The second-order valence-electron chi connectivity index (χ2n) is 6.24. The first-order chi connectivity index (χ1) is 12.8. The lowest BCUT2D eigenvalue weighted by Gasteiger charge is -2.16. The van der Waals surface area contributed by atoms with E-state index in [0.29, 0.717) is 5.92 Å². The minimum Gasteiger partial charge on any atom is -0.356 e. The summed E-state index contributed by atoms with van der Waals surface area (Å²) in [5.41, 5.74) is 3.87. The van der Waals surface area contributed by atoms with Gasteiger partial charge in [-0.25, -0.2) is 0 Å². The van der Waals surface area contributed by atoms with Crippen molar-refractivity contribution in [3.63, 3.8) is 0 Å². The van der Waals surface area contributed by atoms with Crippen LogP contribution in [-0.4, -0.2) is 29.3 Å². The zero-order valence-electron chi connectivity index (χ0n) is 15.2. The Balaban J connectivity index is 1.55. The third kappa shape index (κ3) is 4.95. The van der Waals surface area contributed by atoms with Crippen molar-refractivity contribution in [3.8, 4) is 0 Å². The number of rotatable bonds is 7. The molecule has 136 valence electrons. The van der Waals surface area contributed by atoms with E-state index in [9.17, 15) is 0 Å². The van der Waals surface area contributed by atoms with Crippen molar-refractivity contribution in [1.29, 1.82) is 0 Å². The van der Waals surface area contributed by atoms with Gasteiger partial charge >= 0.3 is 0 Å². The predicted molar refractivity (Wildman–Crippen MR) is 109 cm³/mol. The van der Waals surface area contributed by atoms with Crippen LogP contribution in [0.15, 0.2) is 64.5 Å². The van der Waals surface area contributed by atoms with Crippen LogP contribution in [0.25, 0.3) is 0 Å². The topological polar surface area (TPSA) is 54.2 Å². The van der Waals surface area contributed by atoms with Gasteiger partial charge in [-0.1, -0.05) is 31.2 Å². The van der Waals surface area contributed by atoms with Gasteiger partial charge in [0, 0.05) is 32.5 Å². The molecule has 1 atom stereocenters. The van der Waals surface area contributed by atoms with Gasteiger partial charge in [-0.3, -0.25) is 9.67 Å². The fraction of sp³-hybridized carbons (Fsp3) is 0.300. The highest BCUT2D eigenvalue weighted by Gasteiger charge is 2.08. The molecule has 0 aliphatic rings. The summed E-state index contributed by atoms with van der Waals surface area (Å²) in [5, 5.41) is 15.5. The summed E-state index contributed by atoms with van der Waals surface area (Å²) in [7, 11) is 1.81. The van der Waals surface area contributed by atoms with Crippen molar-refractivity contribution in [1.82, 2.24) is 20.4 Å². The summed E-state index contributed by atoms with van der Waals surface area (Å²) >= 11 is 1.74. The van der Waals surface area contributed by atoms with Crippen LogP contribution in [0.1, 0.15) is 29.5 Å². The van der Waals surface area contributed by atoms with Crippen LogP contribution in [0.3, 0.4) is 0 Å². The van der Waals surface area contributed by atoms with E-state index in [1.165, 1.54) is 16.7 Å². The van der Waals surface area contributed by atoms with Crippen molar-refractivity contribution in [2.45, 2.75) is 25.9 Å². The largest absolute Gasteiger partial charge is 0.356 e. The molecule has 0 amide bonds. The number of aliphatic imine (C=N–C) groups is 1. The smallest absolute Gasteiger partial charge is 0.191 e. The van der Waals surface area contributed by atoms with Crippen molar-refractivity contribution < 1.29 is 0 Å². The van der Waals surface area contributed by atoms with Crippen molar-refractivity contribution in [3.05, 3.63) is 76.2 Å². The second kappa shape index (κ2) is 9.20. The fourth-order valence-electron chi connectivity index (χ4n) is 2.78. The van der Waals surface area contributed by atoms with Crippen molar-refractivity contribution in [2.24, 2.45) is 4.99 Å². The number of aromatic nitrogens is 2. The maximum atomic E-state index is 4.34. The Morgan fingerprint density at radius 2 is 2.04 bits per heavy atom. The molecule has 2 N–H and O–H groups in total. The first kappa shape index (κ1) is 18.2. The maximum absolute atomic E-state index is 4.34. The molecule has 3 rings (SSSR count). The number of nitrogens with zero attached hydrogens (tertiary/aromatic N) is 3. The molecular weight excluding hydrogens is 342 g/mol. The van der Waals surface area contributed by atoms with Crippen molar-refractivity contribution in [2.75, 3.05) is 13.6 Å². The average molecular weight is 368 g/mol. The molecule has 2 heterocycles. The molecular formula is C20H25N5S. The van der Waals surface area contributed by atoms with Gasteiger partial charge in [0.1, 0.15) is 0 Å². The SMILES string of the molecule is CN=C(NCc1ccccc1Cn1cccn1)NCC(C)c1ccsc1. The third-order valence-corrected chi connectivity index (χ3v) is 5.07. The van der Waals surface area contributed by atoms with Gasteiger partial charge in [-0.2, -0.15) is 16.4 Å². The summed E-state index contributed by atoms with van der Waals surface area (Å²) in [6.07, 6.45) is 3.79. The van der Waals surface area contributed by atoms with Gasteiger partial charge in [0.25, 0.3) is 0 Å². The van der Waals surface area contributed by atoms with E-state index >= 15 is 0 Å². The Morgan fingerprint density at radius 3 is 2.73 bits per heavy atom. The molecule has 0 radical (unpaired) electrons. The number of thiophene rings is 1. The van der Waals surface area contributed by atoms with E-state index < -0.39 is 0 Å². The molecule has 6 heteroatoms. The van der Waals surface area contributed by atoms with Gasteiger partial charge in [-0.05, 0) is 45.5 Å². The number of benzene rings is 1. The Bertz CT molecular complexity index is 809. The minimum atomic E-state index is 0.451. The first-order valence-electron chi connectivity index (χ1n) is 8.77. The Labute approximate surface area is 158 Å². The lowest BCUT2D eigenvalue weighted by Crippen LogP contribution is -2.38. The van der Waals surface area contributed by atoms with E-state index in [4.69, 9.17) is 0 Å². The van der Waals surface area contributed by atoms with E-state index in [2.05, 4.69) is 68.7 Å². The minimum absolute atomic E-state index is 0.451. The summed E-state index contributed by atoms with van der Waals surface area (Å²) in [6, 6.07) is 12.6. The number of hydrogen-bond acceptors (Lipinski definition) is 3. The van der Waals surface area contributed by atoms with Gasteiger partial charge < -0.3 is 10.6 Å². The Hall–Kier alpha value is -2.60. The standard InChI is InChI=1S/C20H25N5S/c1-16(19-8-11-26-15-19)12-22-20(21-2)23-13-17-6-3-4-7-18(17)14-25-10-5-9-24-25/h3-11,15-16H,12-14H2,1-2H3,(H2,21,22,23). The first-order valence-corrected chi connectivity index (χ1v) is 9.71. The van der Waals surface area contributed by atoms with Crippen LogP contribution in [0.4, 0.5) is 0 Å². The molecule has 0 saturated carbocycles. The van der Waals surface area contributed by atoms with Crippen LogP contribution in [-0.2, 0) is 13.1 Å². The molecule has 2 aromatic heterocycles. The molecule has 1 aromatic carbocycles. The van der Waals surface area contributed by atoms with Gasteiger partial charge in [-0.15, -0.1) is 0 Å². The van der Waals surface area contributed by atoms with Crippen LogP contribution in [0.2, 0.25) is 0 Å². The van der Waals surface area contributed by atoms with Crippen LogP contribution in [0, 0.1) is 0 Å². The number of hydrogen-bond donors (Lipinski definition) is 2. The molecule has 5 nitrogen and oxygen atoms in total. The number of nitrogens with one attached hydrogen (secondary N) is 2. The maximum Gasteiger partial charge on any atom is 0.191 e. The van der Waals surface area contributed by atoms with Crippen LogP contribution >= 0.6 is 11.3 Å². The third-order valence-electron chi connectivity index (χ3n) is 4.37. The predicted octanol–water partition coefficient (Wildman–Crippen LogP) is 3.46. The number of guanidine groups is 1. The molecule has 0 spiro atoms. The lowest BCUT2D eigenvalue weighted by atomic mass is 10.1. The van der Waals surface area contributed by atoms with Crippen LogP contribution in [0.5, 0.6) is 0 Å². The van der Waals surface area contributed by atoms with Crippen LogP contribution < -0.4 is 10.6 Å². The van der Waals surface area contributed by atoms with E-state index in [1.807, 2.05) is 16.9 Å². The van der Waals surface area contributed by atoms with E-state index in [-0.39, 0.29) is 0 Å². The highest BCUT2D eigenvalue weighted by atomic mass is 32.1. The zero-order chi connectivity index (χ0) is 18.2.